The van der Waals surface area contributed by atoms with E-state index in [4.69, 9.17) is 11.6 Å². The van der Waals surface area contributed by atoms with Crippen molar-refractivity contribution in [1.29, 1.82) is 0 Å². The number of aromatic amines is 1. The predicted molar refractivity (Wildman–Crippen MR) is 110 cm³/mol. The van der Waals surface area contributed by atoms with Crippen LogP contribution in [0.3, 0.4) is 0 Å². The number of aromatic nitrogens is 2. The molecule has 1 aromatic carbocycles. The van der Waals surface area contributed by atoms with E-state index in [1.807, 2.05) is 0 Å². The van der Waals surface area contributed by atoms with Crippen molar-refractivity contribution in [3.05, 3.63) is 50.4 Å². The number of halogens is 4. The standard InChI is InChI=1S/C20H21ClF3N5O2/c21-15-4-3-12(9-14(15)20(22,23)24)25-17(30)11-28-8-5-16-13(10-28)18(31)27-19(26-16)29-6-1-2-7-29/h3-4,9H,1-2,5-8,10-11H2,(H,25,30)(H,26,27,31). The second-order valence-corrected chi connectivity index (χ2v) is 8.12. The number of hydrogen-bond acceptors (Lipinski definition) is 5. The van der Waals surface area contributed by atoms with Gasteiger partial charge in [0, 0.05) is 38.3 Å². The van der Waals surface area contributed by atoms with E-state index in [2.05, 4.69) is 20.2 Å². The Hall–Kier alpha value is -2.59. The summed E-state index contributed by atoms with van der Waals surface area (Å²) in [6.07, 6.45) is -1.95. The molecule has 1 saturated heterocycles. The van der Waals surface area contributed by atoms with Crippen LogP contribution in [0.2, 0.25) is 5.02 Å². The summed E-state index contributed by atoms with van der Waals surface area (Å²) in [5.41, 5.74) is 0.0337. The zero-order chi connectivity index (χ0) is 22.2. The highest BCUT2D eigenvalue weighted by molar-refractivity contribution is 6.31. The van der Waals surface area contributed by atoms with Crippen LogP contribution in [0.15, 0.2) is 23.0 Å². The van der Waals surface area contributed by atoms with Gasteiger partial charge in [0.1, 0.15) is 0 Å². The van der Waals surface area contributed by atoms with Gasteiger partial charge in [-0.25, -0.2) is 4.98 Å². The van der Waals surface area contributed by atoms with E-state index >= 15 is 0 Å². The quantitative estimate of drug-likeness (QED) is 0.740. The maximum Gasteiger partial charge on any atom is 0.417 e. The van der Waals surface area contributed by atoms with Gasteiger partial charge in [-0.15, -0.1) is 0 Å². The Balaban J connectivity index is 1.42. The number of alkyl halides is 3. The van der Waals surface area contributed by atoms with Crippen LogP contribution in [-0.4, -0.2) is 47.0 Å². The lowest BCUT2D eigenvalue weighted by Crippen LogP contribution is -2.40. The second kappa shape index (κ2) is 8.51. The third-order valence-electron chi connectivity index (χ3n) is 5.46. The van der Waals surface area contributed by atoms with Gasteiger partial charge < -0.3 is 10.2 Å². The van der Waals surface area contributed by atoms with Gasteiger partial charge in [0.25, 0.3) is 5.56 Å². The number of hydrogen-bond donors (Lipinski definition) is 2. The first kappa shape index (κ1) is 21.6. The fourth-order valence-corrected chi connectivity index (χ4v) is 4.13. The smallest absolute Gasteiger partial charge is 0.342 e. The molecule has 1 amide bonds. The van der Waals surface area contributed by atoms with Gasteiger partial charge >= 0.3 is 6.18 Å². The third kappa shape index (κ3) is 4.85. The molecule has 1 fully saturated rings. The van der Waals surface area contributed by atoms with Crippen LogP contribution < -0.4 is 15.8 Å². The van der Waals surface area contributed by atoms with Gasteiger partial charge in [0.2, 0.25) is 11.9 Å². The van der Waals surface area contributed by atoms with Gasteiger partial charge in [-0.2, -0.15) is 13.2 Å². The van der Waals surface area contributed by atoms with E-state index in [1.165, 1.54) is 6.07 Å². The molecular formula is C20H21ClF3N5O2. The van der Waals surface area contributed by atoms with Crippen molar-refractivity contribution in [2.45, 2.75) is 32.0 Å². The Bertz CT molecular complexity index is 1050. The fourth-order valence-electron chi connectivity index (χ4n) is 3.91. The van der Waals surface area contributed by atoms with Crippen molar-refractivity contribution >= 4 is 29.1 Å². The molecule has 0 spiro atoms. The lowest BCUT2D eigenvalue weighted by molar-refractivity contribution is -0.137. The number of fused-ring (bicyclic) bond motifs is 1. The van der Waals surface area contributed by atoms with E-state index in [9.17, 15) is 22.8 Å². The largest absolute Gasteiger partial charge is 0.417 e. The first-order valence-electron chi connectivity index (χ1n) is 9.96. The Morgan fingerprint density at radius 2 is 1.97 bits per heavy atom. The molecule has 2 N–H and O–H groups in total. The summed E-state index contributed by atoms with van der Waals surface area (Å²) < 4.78 is 39.0. The molecule has 166 valence electrons. The van der Waals surface area contributed by atoms with Gasteiger partial charge in [0.05, 0.1) is 28.4 Å². The number of rotatable bonds is 4. The molecule has 2 aliphatic heterocycles. The zero-order valence-electron chi connectivity index (χ0n) is 16.6. The molecule has 2 aliphatic rings. The topological polar surface area (TPSA) is 81.3 Å². The van der Waals surface area contributed by atoms with Crippen molar-refractivity contribution in [3.63, 3.8) is 0 Å². The average molecular weight is 456 g/mol. The highest BCUT2D eigenvalue weighted by Gasteiger charge is 2.33. The number of nitrogens with one attached hydrogen (secondary N) is 2. The number of carbonyl (C=O) groups is 1. The number of carbonyl (C=O) groups excluding carboxylic acids is 1. The minimum Gasteiger partial charge on any atom is -0.342 e. The molecule has 0 atom stereocenters. The lowest BCUT2D eigenvalue weighted by Gasteiger charge is -2.28. The Kier molecular flexibility index (Phi) is 5.94. The Labute approximate surface area is 181 Å². The first-order valence-corrected chi connectivity index (χ1v) is 10.3. The van der Waals surface area contributed by atoms with Crippen LogP contribution in [0.4, 0.5) is 24.8 Å². The molecule has 11 heteroatoms. The van der Waals surface area contributed by atoms with E-state index in [-0.39, 0.29) is 24.3 Å². The summed E-state index contributed by atoms with van der Waals surface area (Å²) in [5, 5.41) is 2.03. The third-order valence-corrected chi connectivity index (χ3v) is 5.79. The lowest BCUT2D eigenvalue weighted by atomic mass is 10.1. The number of nitrogens with zero attached hydrogens (tertiary/aromatic N) is 3. The van der Waals surface area contributed by atoms with Gasteiger partial charge in [-0.3, -0.25) is 19.5 Å². The Morgan fingerprint density at radius 1 is 1.23 bits per heavy atom. The van der Waals surface area contributed by atoms with Crippen LogP contribution in [0.1, 0.15) is 29.7 Å². The summed E-state index contributed by atoms with van der Waals surface area (Å²) in [4.78, 5) is 36.2. The highest BCUT2D eigenvalue weighted by atomic mass is 35.5. The molecule has 3 heterocycles. The van der Waals surface area contributed by atoms with E-state index in [0.29, 0.717) is 24.5 Å². The number of anilines is 2. The summed E-state index contributed by atoms with van der Waals surface area (Å²) in [7, 11) is 0. The molecule has 0 aliphatic carbocycles. The van der Waals surface area contributed by atoms with Crippen molar-refractivity contribution in [1.82, 2.24) is 14.9 Å². The molecule has 0 unspecified atom stereocenters. The minimum atomic E-state index is -4.61. The fraction of sp³-hybridized carbons (Fsp3) is 0.450. The summed E-state index contributed by atoms with van der Waals surface area (Å²) in [5.74, 6) is 0.118. The maximum atomic E-state index is 13.0. The molecule has 4 rings (SSSR count). The molecule has 7 nitrogen and oxygen atoms in total. The number of benzene rings is 1. The molecule has 0 radical (unpaired) electrons. The summed E-state index contributed by atoms with van der Waals surface area (Å²) >= 11 is 5.61. The summed E-state index contributed by atoms with van der Waals surface area (Å²) in [6, 6.07) is 3.22. The number of H-pyrrole nitrogens is 1. The van der Waals surface area contributed by atoms with Crippen molar-refractivity contribution in [3.8, 4) is 0 Å². The van der Waals surface area contributed by atoms with Crippen molar-refractivity contribution in [2.24, 2.45) is 0 Å². The van der Waals surface area contributed by atoms with E-state index in [1.54, 1.807) is 4.90 Å². The highest BCUT2D eigenvalue weighted by Crippen LogP contribution is 2.36. The monoisotopic (exact) mass is 455 g/mol. The minimum absolute atomic E-state index is 0.00824. The molecule has 1 aromatic heterocycles. The molecular weight excluding hydrogens is 435 g/mol. The van der Waals surface area contributed by atoms with Gasteiger partial charge in [-0.05, 0) is 31.0 Å². The molecule has 31 heavy (non-hydrogen) atoms. The van der Waals surface area contributed by atoms with E-state index < -0.39 is 22.7 Å². The summed E-state index contributed by atoms with van der Waals surface area (Å²) in [6.45, 7) is 2.45. The van der Waals surface area contributed by atoms with Gasteiger partial charge in [-0.1, -0.05) is 11.6 Å². The average Bonchev–Trinajstić information content (AvgIpc) is 3.24. The molecule has 2 aromatic rings. The van der Waals surface area contributed by atoms with Crippen LogP contribution in [0.25, 0.3) is 0 Å². The van der Waals surface area contributed by atoms with Crippen molar-refractivity contribution < 1.29 is 18.0 Å². The van der Waals surface area contributed by atoms with Crippen molar-refractivity contribution in [2.75, 3.05) is 36.4 Å². The van der Waals surface area contributed by atoms with Crippen LogP contribution in [-0.2, 0) is 23.9 Å². The molecule has 0 saturated carbocycles. The Morgan fingerprint density at radius 3 is 2.68 bits per heavy atom. The van der Waals surface area contributed by atoms with Gasteiger partial charge in [0.15, 0.2) is 0 Å². The SMILES string of the molecule is O=C(CN1CCc2nc(N3CCCC3)[nH]c(=O)c2C1)Nc1ccc(Cl)c(C(F)(F)F)c1. The second-order valence-electron chi connectivity index (χ2n) is 7.71. The zero-order valence-corrected chi connectivity index (χ0v) is 17.3. The first-order chi connectivity index (χ1) is 14.7. The van der Waals surface area contributed by atoms with Crippen LogP contribution in [0, 0.1) is 0 Å². The molecule has 0 bridgehead atoms. The van der Waals surface area contributed by atoms with Crippen LogP contribution >= 0.6 is 11.6 Å². The normalized spacial score (nSPS) is 17.0. The predicted octanol–water partition coefficient (Wildman–Crippen LogP) is 3.04. The maximum absolute atomic E-state index is 13.0. The van der Waals surface area contributed by atoms with Crippen LogP contribution in [0.5, 0.6) is 0 Å². The number of amides is 1. The van der Waals surface area contributed by atoms with E-state index in [0.717, 1.165) is 43.8 Å².